The summed E-state index contributed by atoms with van der Waals surface area (Å²) < 4.78 is 7.92. The van der Waals surface area contributed by atoms with E-state index in [0.717, 1.165) is 36.9 Å². The third kappa shape index (κ3) is 6.02. The molecule has 0 heterocycles. The smallest absolute Gasteiger partial charge is 0.271 e. The average Bonchev–Trinajstić information content (AvgIpc) is 2.68. The number of carbonyl (C=O) groups is 1. The molecule has 3 aromatic rings. The van der Waals surface area contributed by atoms with Gasteiger partial charge in [0.15, 0.2) is 0 Å². The van der Waals surface area contributed by atoms with Crippen molar-refractivity contribution in [3.63, 3.8) is 0 Å². The highest BCUT2D eigenvalue weighted by molar-refractivity contribution is 9.10. The first-order valence-corrected chi connectivity index (χ1v) is 10.6. The number of aryl methyl sites for hydroxylation is 2. The Balaban J connectivity index is 1.64. The average molecular weight is 516 g/mol. The predicted octanol–water partition coefficient (Wildman–Crippen LogP) is 6.17. The molecular formula is C23H20Br2N2O2. The number of hydrogen-bond acceptors (Lipinski definition) is 3. The van der Waals surface area contributed by atoms with Gasteiger partial charge in [0.2, 0.25) is 0 Å². The van der Waals surface area contributed by atoms with Gasteiger partial charge in [-0.25, -0.2) is 5.43 Å². The van der Waals surface area contributed by atoms with Crippen LogP contribution in [0.15, 0.2) is 74.7 Å². The number of benzene rings is 3. The van der Waals surface area contributed by atoms with E-state index in [2.05, 4.69) is 42.4 Å². The van der Waals surface area contributed by atoms with E-state index in [9.17, 15) is 4.79 Å². The molecule has 1 N–H and O–H groups in total. The molecule has 0 saturated heterocycles. The van der Waals surface area contributed by atoms with Crippen LogP contribution in [-0.4, -0.2) is 12.1 Å². The molecule has 0 unspecified atom stereocenters. The molecule has 0 spiro atoms. The molecule has 6 heteroatoms. The molecule has 0 aliphatic heterocycles. The Morgan fingerprint density at radius 3 is 2.34 bits per heavy atom. The second-order valence-electron chi connectivity index (χ2n) is 6.61. The first kappa shape index (κ1) is 21.3. The summed E-state index contributed by atoms with van der Waals surface area (Å²) in [6.45, 7) is 4.51. The van der Waals surface area contributed by atoms with Crippen LogP contribution in [0.3, 0.4) is 0 Å². The van der Waals surface area contributed by atoms with E-state index in [4.69, 9.17) is 4.74 Å². The zero-order valence-corrected chi connectivity index (χ0v) is 19.2. The largest absolute Gasteiger partial charge is 0.488 e. The molecule has 0 aliphatic rings. The molecule has 0 radical (unpaired) electrons. The van der Waals surface area contributed by atoms with E-state index in [1.807, 2.05) is 62.4 Å². The number of carbonyl (C=O) groups excluding carboxylic acids is 1. The summed E-state index contributed by atoms with van der Waals surface area (Å²) in [5.74, 6) is 0.605. The predicted molar refractivity (Wildman–Crippen MR) is 124 cm³/mol. The Bertz CT molecular complexity index is 1020. The van der Waals surface area contributed by atoms with Crippen molar-refractivity contribution in [1.82, 2.24) is 5.43 Å². The number of halogens is 2. The van der Waals surface area contributed by atoms with Crippen molar-refractivity contribution in [3.8, 4) is 5.75 Å². The molecule has 1 amide bonds. The van der Waals surface area contributed by atoms with Crippen molar-refractivity contribution in [2.45, 2.75) is 20.5 Å². The van der Waals surface area contributed by atoms with Gasteiger partial charge in [0.25, 0.3) is 5.91 Å². The van der Waals surface area contributed by atoms with Gasteiger partial charge in [-0.15, -0.1) is 0 Å². The SMILES string of the molecule is Cc1cc(/C=N\NC(=O)c2cccc(Br)c2)cc(C)c1OCc1ccc(Br)cc1. The standard InChI is InChI=1S/C23H20Br2N2O2/c1-15-10-18(13-26-27-23(28)19-4-3-5-21(25)12-19)11-16(2)22(15)29-14-17-6-8-20(24)9-7-17/h3-13H,14H2,1-2H3,(H,27,28)/b26-13-. The molecule has 4 nitrogen and oxygen atoms in total. The lowest BCUT2D eigenvalue weighted by Crippen LogP contribution is -2.17. The Hall–Kier alpha value is -2.44. The van der Waals surface area contributed by atoms with Crippen LogP contribution in [0.2, 0.25) is 0 Å². The molecule has 0 atom stereocenters. The summed E-state index contributed by atoms with van der Waals surface area (Å²) in [6.07, 6.45) is 1.63. The first-order chi connectivity index (χ1) is 13.9. The summed E-state index contributed by atoms with van der Waals surface area (Å²) in [4.78, 5) is 12.1. The van der Waals surface area contributed by atoms with Crippen LogP contribution in [0, 0.1) is 13.8 Å². The van der Waals surface area contributed by atoms with Crippen LogP contribution in [0.1, 0.15) is 32.6 Å². The van der Waals surface area contributed by atoms with E-state index in [1.54, 1.807) is 18.3 Å². The summed E-state index contributed by atoms with van der Waals surface area (Å²) in [5, 5.41) is 4.08. The normalized spacial score (nSPS) is 10.9. The van der Waals surface area contributed by atoms with Crippen molar-refractivity contribution >= 4 is 44.0 Å². The Labute approximate surface area is 187 Å². The first-order valence-electron chi connectivity index (χ1n) is 9.00. The van der Waals surface area contributed by atoms with E-state index in [0.29, 0.717) is 12.2 Å². The highest BCUT2D eigenvalue weighted by atomic mass is 79.9. The van der Waals surface area contributed by atoms with Crippen LogP contribution in [0.5, 0.6) is 5.75 Å². The van der Waals surface area contributed by atoms with Gasteiger partial charge in [-0.3, -0.25) is 4.79 Å². The van der Waals surface area contributed by atoms with Gasteiger partial charge in [-0.05, 0) is 78.6 Å². The third-order valence-corrected chi connectivity index (χ3v) is 5.27. The van der Waals surface area contributed by atoms with E-state index in [-0.39, 0.29) is 5.91 Å². The van der Waals surface area contributed by atoms with Crippen LogP contribution in [0.4, 0.5) is 0 Å². The monoisotopic (exact) mass is 514 g/mol. The molecule has 29 heavy (non-hydrogen) atoms. The number of nitrogens with zero attached hydrogens (tertiary/aromatic N) is 1. The Morgan fingerprint density at radius 1 is 1.00 bits per heavy atom. The van der Waals surface area contributed by atoms with Crippen LogP contribution < -0.4 is 10.2 Å². The molecule has 0 fully saturated rings. The van der Waals surface area contributed by atoms with Gasteiger partial charge < -0.3 is 4.74 Å². The number of rotatable bonds is 6. The van der Waals surface area contributed by atoms with Crippen LogP contribution in [0.25, 0.3) is 0 Å². The number of hydrazone groups is 1. The van der Waals surface area contributed by atoms with Crippen molar-refractivity contribution in [1.29, 1.82) is 0 Å². The molecule has 3 rings (SSSR count). The minimum Gasteiger partial charge on any atom is -0.488 e. The minimum atomic E-state index is -0.259. The molecule has 0 bridgehead atoms. The molecule has 0 saturated carbocycles. The van der Waals surface area contributed by atoms with Crippen molar-refractivity contribution < 1.29 is 9.53 Å². The van der Waals surface area contributed by atoms with E-state index < -0.39 is 0 Å². The van der Waals surface area contributed by atoms with Gasteiger partial charge in [0.05, 0.1) is 6.21 Å². The molecular weight excluding hydrogens is 496 g/mol. The van der Waals surface area contributed by atoms with Crippen molar-refractivity contribution in [2.75, 3.05) is 0 Å². The second-order valence-corrected chi connectivity index (χ2v) is 8.44. The Morgan fingerprint density at radius 2 is 1.69 bits per heavy atom. The fraction of sp³-hybridized carbons (Fsp3) is 0.130. The summed E-state index contributed by atoms with van der Waals surface area (Å²) in [7, 11) is 0. The van der Waals surface area contributed by atoms with Crippen molar-refractivity contribution in [3.05, 3.63) is 97.4 Å². The lowest BCUT2D eigenvalue weighted by molar-refractivity contribution is 0.0955. The molecule has 148 valence electrons. The fourth-order valence-corrected chi connectivity index (χ4v) is 3.55. The third-order valence-electron chi connectivity index (χ3n) is 4.25. The highest BCUT2D eigenvalue weighted by Crippen LogP contribution is 2.25. The van der Waals surface area contributed by atoms with E-state index in [1.165, 1.54) is 0 Å². The second kappa shape index (κ2) is 9.85. The van der Waals surface area contributed by atoms with E-state index >= 15 is 0 Å². The lowest BCUT2D eigenvalue weighted by atomic mass is 10.1. The topological polar surface area (TPSA) is 50.7 Å². The Kier molecular flexibility index (Phi) is 7.23. The van der Waals surface area contributed by atoms with Gasteiger partial charge in [-0.1, -0.05) is 50.1 Å². The highest BCUT2D eigenvalue weighted by Gasteiger charge is 2.07. The maximum absolute atomic E-state index is 12.1. The zero-order valence-electron chi connectivity index (χ0n) is 16.1. The van der Waals surface area contributed by atoms with Gasteiger partial charge in [0.1, 0.15) is 12.4 Å². The van der Waals surface area contributed by atoms with Crippen molar-refractivity contribution in [2.24, 2.45) is 5.10 Å². The zero-order chi connectivity index (χ0) is 20.8. The molecule has 0 aromatic heterocycles. The summed E-state index contributed by atoms with van der Waals surface area (Å²) >= 11 is 6.79. The van der Waals surface area contributed by atoms with Crippen LogP contribution >= 0.6 is 31.9 Å². The van der Waals surface area contributed by atoms with Gasteiger partial charge >= 0.3 is 0 Å². The van der Waals surface area contributed by atoms with Crippen LogP contribution in [-0.2, 0) is 6.61 Å². The molecule has 3 aromatic carbocycles. The fourth-order valence-electron chi connectivity index (χ4n) is 2.88. The lowest BCUT2D eigenvalue weighted by Gasteiger charge is -2.13. The number of ether oxygens (including phenoxy) is 1. The number of amides is 1. The van der Waals surface area contributed by atoms with Gasteiger partial charge in [0, 0.05) is 14.5 Å². The van der Waals surface area contributed by atoms with Gasteiger partial charge in [-0.2, -0.15) is 5.10 Å². The summed E-state index contributed by atoms with van der Waals surface area (Å²) in [6, 6.07) is 19.2. The quantitative estimate of drug-likeness (QED) is 0.315. The summed E-state index contributed by atoms with van der Waals surface area (Å²) in [5.41, 5.74) is 7.13. The maximum Gasteiger partial charge on any atom is 0.271 e. The minimum absolute atomic E-state index is 0.259. The number of hydrogen-bond donors (Lipinski definition) is 1. The maximum atomic E-state index is 12.1. The molecule has 0 aliphatic carbocycles. The number of nitrogens with one attached hydrogen (secondary N) is 1.